The lowest BCUT2D eigenvalue weighted by atomic mass is 9.85. The predicted octanol–water partition coefficient (Wildman–Crippen LogP) is 9.93. The topological polar surface area (TPSA) is 37.3 Å². The fraction of sp³-hybridized carbons (Fsp3) is 0. The normalized spacial score (nSPS) is 11.1. The molecule has 2 nitrogen and oxygen atoms in total. The first-order chi connectivity index (χ1) is 20.2. The molecular weight excluding hydrogens is 500 g/mol. The van der Waals surface area contributed by atoms with Crippen LogP contribution in [0.1, 0.15) is 15.9 Å². The second kappa shape index (κ2) is 10.3. The number of fused-ring (bicyclic) bond motifs is 2. The lowest BCUT2D eigenvalue weighted by Gasteiger charge is -2.18. The Balaban J connectivity index is 1.44. The molecule has 2 heteroatoms. The number of phenolic OH excluding ortho intramolecular Hbond substituents is 1. The van der Waals surface area contributed by atoms with Crippen LogP contribution in [-0.2, 0) is 0 Å². The van der Waals surface area contributed by atoms with Gasteiger partial charge in [0.25, 0.3) is 0 Å². The van der Waals surface area contributed by atoms with Crippen LogP contribution < -0.4 is 0 Å². The van der Waals surface area contributed by atoms with E-state index in [-0.39, 0.29) is 11.5 Å². The van der Waals surface area contributed by atoms with E-state index in [1.54, 1.807) is 18.2 Å². The van der Waals surface area contributed by atoms with Gasteiger partial charge >= 0.3 is 0 Å². The molecule has 41 heavy (non-hydrogen) atoms. The molecule has 0 heterocycles. The van der Waals surface area contributed by atoms with Crippen molar-refractivity contribution in [2.75, 3.05) is 0 Å². The van der Waals surface area contributed by atoms with Gasteiger partial charge in [-0.25, -0.2) is 0 Å². The number of carbonyl (C=O) groups is 1. The molecule has 0 aliphatic carbocycles. The van der Waals surface area contributed by atoms with E-state index in [0.717, 1.165) is 11.1 Å². The summed E-state index contributed by atoms with van der Waals surface area (Å²) in [4.78, 5) is 13.0. The fourth-order valence-corrected chi connectivity index (χ4v) is 5.82. The Morgan fingerprint density at radius 3 is 1.51 bits per heavy atom. The third-order valence-corrected chi connectivity index (χ3v) is 7.78. The first-order valence-corrected chi connectivity index (χ1v) is 13.7. The van der Waals surface area contributed by atoms with E-state index in [2.05, 4.69) is 103 Å². The monoisotopic (exact) mass is 526 g/mol. The van der Waals surface area contributed by atoms with E-state index in [4.69, 9.17) is 0 Å². The first-order valence-electron chi connectivity index (χ1n) is 13.7. The van der Waals surface area contributed by atoms with Crippen molar-refractivity contribution in [1.29, 1.82) is 0 Å². The molecule has 0 unspecified atom stereocenters. The molecule has 0 radical (unpaired) electrons. The van der Waals surface area contributed by atoms with Crippen molar-refractivity contribution >= 4 is 27.3 Å². The molecule has 0 atom stereocenters. The zero-order valence-corrected chi connectivity index (χ0v) is 22.3. The van der Waals surface area contributed by atoms with Gasteiger partial charge in [-0.15, -0.1) is 0 Å². The second-order valence-corrected chi connectivity index (χ2v) is 10.2. The molecule has 0 aliphatic heterocycles. The van der Waals surface area contributed by atoms with Crippen molar-refractivity contribution < 1.29 is 9.90 Å². The van der Waals surface area contributed by atoms with Crippen LogP contribution in [0.3, 0.4) is 0 Å². The Hall–Kier alpha value is -5.47. The summed E-state index contributed by atoms with van der Waals surface area (Å²) in [5, 5.41) is 15.0. The number of benzene rings is 7. The summed E-state index contributed by atoms with van der Waals surface area (Å²) in [5.74, 6) is -0.204. The summed E-state index contributed by atoms with van der Waals surface area (Å²) in [6, 6.07) is 50.8. The smallest absolute Gasteiger partial charge is 0.196 e. The largest absolute Gasteiger partial charge is 0.507 e. The van der Waals surface area contributed by atoms with Gasteiger partial charge in [0.15, 0.2) is 5.78 Å². The van der Waals surface area contributed by atoms with E-state index in [1.165, 1.54) is 49.9 Å². The van der Waals surface area contributed by atoms with Gasteiger partial charge in [-0.2, -0.15) is 0 Å². The van der Waals surface area contributed by atoms with Crippen molar-refractivity contribution in [3.63, 3.8) is 0 Å². The minimum Gasteiger partial charge on any atom is -0.507 e. The van der Waals surface area contributed by atoms with Crippen LogP contribution >= 0.6 is 0 Å². The van der Waals surface area contributed by atoms with E-state index < -0.39 is 0 Å². The summed E-state index contributed by atoms with van der Waals surface area (Å²) < 4.78 is 0. The molecule has 0 bridgehead atoms. The number of ketones is 1. The average Bonchev–Trinajstić information content (AvgIpc) is 3.04. The zero-order chi connectivity index (χ0) is 27.8. The number of aromatic hydroxyl groups is 1. The van der Waals surface area contributed by atoms with Gasteiger partial charge in [-0.1, -0.05) is 133 Å². The zero-order valence-electron chi connectivity index (χ0n) is 22.3. The molecule has 7 aromatic carbocycles. The standard InChI is InChI=1S/C39H26O2/c40-36-18-10-9-17-34(36)39(41)29-21-19-26(20-22-29)30-23-24-33-35(25-30)38(28-13-5-2-6-14-28)32-16-8-7-15-31(32)37(33)27-11-3-1-4-12-27/h1-25,40H. The molecule has 0 amide bonds. The number of rotatable bonds is 5. The average molecular weight is 527 g/mol. The Morgan fingerprint density at radius 2 is 0.902 bits per heavy atom. The number of carbonyl (C=O) groups excluding carboxylic acids is 1. The second-order valence-electron chi connectivity index (χ2n) is 10.2. The molecule has 194 valence electrons. The van der Waals surface area contributed by atoms with Crippen LogP contribution in [-0.4, -0.2) is 10.9 Å². The van der Waals surface area contributed by atoms with Crippen molar-refractivity contribution in [3.05, 3.63) is 163 Å². The van der Waals surface area contributed by atoms with Gasteiger partial charge in [-0.05, 0) is 73.1 Å². The molecule has 0 aliphatic rings. The lowest BCUT2D eigenvalue weighted by Crippen LogP contribution is -2.01. The molecule has 7 aromatic rings. The van der Waals surface area contributed by atoms with E-state index in [1.807, 2.05) is 24.3 Å². The van der Waals surface area contributed by atoms with E-state index in [9.17, 15) is 9.90 Å². The maximum atomic E-state index is 13.0. The van der Waals surface area contributed by atoms with Gasteiger partial charge in [0.05, 0.1) is 5.56 Å². The Morgan fingerprint density at radius 1 is 0.415 bits per heavy atom. The predicted molar refractivity (Wildman–Crippen MR) is 169 cm³/mol. The van der Waals surface area contributed by atoms with E-state index >= 15 is 0 Å². The van der Waals surface area contributed by atoms with Gasteiger partial charge in [0.1, 0.15) is 5.75 Å². The Bertz CT molecular complexity index is 2040. The van der Waals surface area contributed by atoms with Gasteiger partial charge in [0.2, 0.25) is 0 Å². The summed E-state index contributed by atoms with van der Waals surface area (Å²) in [6.07, 6.45) is 0. The third kappa shape index (κ3) is 4.36. The maximum absolute atomic E-state index is 13.0. The summed E-state index contributed by atoms with van der Waals surface area (Å²) in [5.41, 5.74) is 7.74. The van der Waals surface area contributed by atoms with E-state index in [0.29, 0.717) is 11.1 Å². The number of hydrogen-bond acceptors (Lipinski definition) is 2. The SMILES string of the molecule is O=C(c1ccc(-c2ccc3c(-c4ccccc4)c4ccccc4c(-c4ccccc4)c3c2)cc1)c1ccccc1O. The van der Waals surface area contributed by atoms with Gasteiger partial charge < -0.3 is 5.11 Å². The quantitative estimate of drug-likeness (QED) is 0.179. The van der Waals surface area contributed by atoms with Crippen LogP contribution in [0.15, 0.2) is 152 Å². The molecule has 0 spiro atoms. The summed E-state index contributed by atoms with van der Waals surface area (Å²) in [7, 11) is 0. The van der Waals surface area contributed by atoms with Crippen molar-refractivity contribution in [2.45, 2.75) is 0 Å². The van der Waals surface area contributed by atoms with Crippen LogP contribution in [0, 0.1) is 0 Å². The van der Waals surface area contributed by atoms with Crippen LogP contribution in [0.25, 0.3) is 54.9 Å². The van der Waals surface area contributed by atoms with Gasteiger partial charge in [-0.3, -0.25) is 4.79 Å². The Kier molecular flexibility index (Phi) is 6.14. The highest BCUT2D eigenvalue weighted by molar-refractivity contribution is 6.22. The maximum Gasteiger partial charge on any atom is 0.196 e. The summed E-state index contributed by atoms with van der Waals surface area (Å²) in [6.45, 7) is 0. The van der Waals surface area contributed by atoms with Crippen molar-refractivity contribution in [1.82, 2.24) is 0 Å². The molecule has 0 saturated carbocycles. The third-order valence-electron chi connectivity index (χ3n) is 7.78. The molecule has 0 aromatic heterocycles. The highest BCUT2D eigenvalue weighted by atomic mass is 16.3. The van der Waals surface area contributed by atoms with Crippen LogP contribution in [0.5, 0.6) is 5.75 Å². The lowest BCUT2D eigenvalue weighted by molar-refractivity contribution is 0.103. The molecule has 1 N–H and O–H groups in total. The molecular formula is C39H26O2. The fourth-order valence-electron chi connectivity index (χ4n) is 5.82. The highest BCUT2D eigenvalue weighted by Crippen LogP contribution is 2.44. The molecule has 0 fully saturated rings. The van der Waals surface area contributed by atoms with Crippen LogP contribution in [0.2, 0.25) is 0 Å². The number of phenols is 1. The highest BCUT2D eigenvalue weighted by Gasteiger charge is 2.18. The van der Waals surface area contributed by atoms with Gasteiger partial charge in [0, 0.05) is 5.56 Å². The first kappa shape index (κ1) is 24.6. The Labute approximate surface area is 238 Å². The molecule has 0 saturated heterocycles. The number of hydrogen-bond donors (Lipinski definition) is 1. The number of para-hydroxylation sites is 1. The molecule has 7 rings (SSSR count). The van der Waals surface area contributed by atoms with Crippen molar-refractivity contribution in [2.24, 2.45) is 0 Å². The van der Waals surface area contributed by atoms with Crippen molar-refractivity contribution in [3.8, 4) is 39.1 Å². The summed E-state index contributed by atoms with van der Waals surface area (Å²) >= 11 is 0. The minimum atomic E-state index is -0.196. The van der Waals surface area contributed by atoms with Crippen LogP contribution in [0.4, 0.5) is 0 Å². The minimum absolute atomic E-state index is 0.00834.